The van der Waals surface area contributed by atoms with Crippen molar-refractivity contribution in [3.8, 4) is 0 Å². The molecule has 1 aromatic heterocycles. The third kappa shape index (κ3) is 3.71. The standard InChI is InChI=1S/C8H7N2O2.Li.H2O/c1-9-8(12)7-3-2-6(5-11)4-10-7;;/h2-4H,1H3,(H,9,12);;1H2/q-1;+1;/p-1. The number of hydrogen-bond acceptors (Lipinski definition) is 4. The Kier molecular flexibility index (Phi) is 7.96. The molecule has 5 nitrogen and oxygen atoms in total. The van der Waals surface area contributed by atoms with Gasteiger partial charge >= 0.3 is 18.9 Å². The zero-order valence-electron chi connectivity index (χ0n) is 7.94. The molecule has 0 saturated heterocycles. The molecule has 0 radical (unpaired) electrons. The monoisotopic (exact) mass is 187 g/mol. The summed E-state index contributed by atoms with van der Waals surface area (Å²) in [5, 5.41) is 2.42. The summed E-state index contributed by atoms with van der Waals surface area (Å²) in [7, 11) is 1.52. The number of carbonyl (C=O) groups is 1. The molecule has 1 rings (SSSR count). The molecule has 0 aromatic carbocycles. The van der Waals surface area contributed by atoms with Gasteiger partial charge in [-0.1, -0.05) is 12.3 Å². The van der Waals surface area contributed by atoms with Gasteiger partial charge in [-0.2, -0.15) is 6.07 Å². The van der Waals surface area contributed by atoms with E-state index in [9.17, 15) is 9.59 Å². The van der Waals surface area contributed by atoms with Gasteiger partial charge in [0.2, 0.25) is 0 Å². The summed E-state index contributed by atoms with van der Waals surface area (Å²) in [6.07, 6.45) is 2.97. The van der Waals surface area contributed by atoms with Crippen molar-refractivity contribution in [3.63, 3.8) is 0 Å². The maximum Gasteiger partial charge on any atom is 1.00 e. The first-order chi connectivity index (χ1) is 5.77. The number of carbonyl (C=O) groups excluding carboxylic acids is 2. The van der Waals surface area contributed by atoms with Crippen LogP contribution >= 0.6 is 0 Å². The molecule has 1 amide bonds. The van der Waals surface area contributed by atoms with Crippen LogP contribution in [0.5, 0.6) is 0 Å². The maximum atomic E-state index is 10.9. The number of hydrogen-bond donors (Lipinski definition) is 1. The van der Waals surface area contributed by atoms with Crippen LogP contribution in [0.15, 0.2) is 18.3 Å². The smallest absolute Gasteiger partial charge is 0.870 e. The Balaban J connectivity index is 0. The van der Waals surface area contributed by atoms with Crippen molar-refractivity contribution in [2.75, 3.05) is 7.05 Å². The Labute approximate surface area is 93.4 Å². The zero-order chi connectivity index (χ0) is 8.97. The van der Waals surface area contributed by atoms with Gasteiger partial charge in [-0.05, 0) is 0 Å². The molecule has 0 aliphatic carbocycles. The van der Waals surface area contributed by atoms with E-state index in [0.717, 1.165) is 0 Å². The fraction of sp³-hybridized carbons (Fsp3) is 0.125. The molecule has 0 aliphatic rings. The molecular weight excluding hydrogens is 179 g/mol. The van der Waals surface area contributed by atoms with E-state index in [0.29, 0.717) is 5.56 Å². The minimum Gasteiger partial charge on any atom is -0.870 e. The van der Waals surface area contributed by atoms with Gasteiger partial charge in [0.1, 0.15) is 5.69 Å². The van der Waals surface area contributed by atoms with E-state index in [1.165, 1.54) is 25.4 Å². The molecule has 0 aliphatic heterocycles. The van der Waals surface area contributed by atoms with E-state index in [-0.39, 0.29) is 35.9 Å². The molecule has 0 atom stereocenters. The summed E-state index contributed by atoms with van der Waals surface area (Å²) in [4.78, 5) is 24.8. The van der Waals surface area contributed by atoms with Crippen molar-refractivity contribution in [1.82, 2.24) is 10.3 Å². The summed E-state index contributed by atoms with van der Waals surface area (Å²) in [6.45, 7) is 0. The third-order valence-corrected chi connectivity index (χ3v) is 1.34. The van der Waals surface area contributed by atoms with Gasteiger partial charge in [0.15, 0.2) is 0 Å². The second-order valence-corrected chi connectivity index (χ2v) is 2.11. The molecule has 14 heavy (non-hydrogen) atoms. The Morgan fingerprint density at radius 2 is 2.14 bits per heavy atom. The van der Waals surface area contributed by atoms with E-state index < -0.39 is 0 Å². The predicted octanol–water partition coefficient (Wildman–Crippen LogP) is -3.27. The number of nitrogens with zero attached hydrogens (tertiary/aromatic N) is 1. The first-order valence-corrected chi connectivity index (χ1v) is 3.34. The van der Waals surface area contributed by atoms with E-state index in [2.05, 4.69) is 10.3 Å². The predicted molar refractivity (Wildman–Crippen MR) is 44.4 cm³/mol. The quantitative estimate of drug-likeness (QED) is 0.388. The Morgan fingerprint density at radius 1 is 1.50 bits per heavy atom. The molecule has 2 N–H and O–H groups in total. The Morgan fingerprint density at radius 3 is 2.50 bits per heavy atom. The summed E-state index contributed by atoms with van der Waals surface area (Å²) in [5.74, 6) is -0.271. The van der Waals surface area contributed by atoms with Crippen molar-refractivity contribution in [1.29, 1.82) is 0 Å². The van der Waals surface area contributed by atoms with Gasteiger partial charge in [0, 0.05) is 7.05 Å². The molecule has 0 bridgehead atoms. The average Bonchev–Trinajstić information content (AvgIpc) is 2.17. The topological polar surface area (TPSA) is 89.1 Å². The van der Waals surface area contributed by atoms with E-state index in [1.54, 1.807) is 6.29 Å². The van der Waals surface area contributed by atoms with Crippen LogP contribution in [0.4, 0.5) is 0 Å². The molecule has 0 saturated carbocycles. The number of nitrogens with one attached hydrogen (secondary N) is 1. The van der Waals surface area contributed by atoms with Crippen molar-refractivity contribution in [3.05, 3.63) is 29.6 Å². The SMILES string of the molecule is CNC(=O)c1ccc([C-]=O)cn1.[Li+].[OH-]. The van der Waals surface area contributed by atoms with Gasteiger partial charge < -0.3 is 20.6 Å². The Bertz CT molecular complexity index is 300. The van der Waals surface area contributed by atoms with Crippen LogP contribution in [-0.2, 0) is 4.79 Å². The molecule has 0 fully saturated rings. The first-order valence-electron chi connectivity index (χ1n) is 3.34. The molecule has 6 heteroatoms. The average molecular weight is 187 g/mol. The van der Waals surface area contributed by atoms with Crippen molar-refractivity contribution in [2.24, 2.45) is 0 Å². The molecule has 0 unspecified atom stereocenters. The molecule has 1 heterocycles. The summed E-state index contributed by atoms with van der Waals surface area (Å²) < 4.78 is 0. The van der Waals surface area contributed by atoms with Crippen LogP contribution in [0.25, 0.3) is 0 Å². The number of rotatable bonds is 2. The summed E-state index contributed by atoms with van der Waals surface area (Å²) >= 11 is 0. The van der Waals surface area contributed by atoms with Gasteiger partial charge in [-0.25, -0.2) is 0 Å². The van der Waals surface area contributed by atoms with Crippen molar-refractivity contribution >= 4 is 12.2 Å². The largest absolute Gasteiger partial charge is 1.00 e. The van der Waals surface area contributed by atoms with E-state index in [1.807, 2.05) is 0 Å². The summed E-state index contributed by atoms with van der Waals surface area (Å²) in [6, 6.07) is 2.96. The third-order valence-electron chi connectivity index (χ3n) is 1.34. The normalized spacial score (nSPS) is 7.79. The van der Waals surface area contributed by atoms with E-state index in [4.69, 9.17) is 0 Å². The number of amides is 1. The minimum absolute atomic E-state index is 0. The second-order valence-electron chi connectivity index (χ2n) is 2.11. The number of aromatic nitrogens is 1. The van der Waals surface area contributed by atoms with Crippen LogP contribution in [-0.4, -0.2) is 29.7 Å². The molecule has 1 aromatic rings. The summed E-state index contributed by atoms with van der Waals surface area (Å²) in [5.41, 5.74) is 0.624. The van der Waals surface area contributed by atoms with Gasteiger partial charge in [-0.15, -0.1) is 5.56 Å². The van der Waals surface area contributed by atoms with Crippen LogP contribution < -0.4 is 24.2 Å². The van der Waals surface area contributed by atoms with E-state index >= 15 is 0 Å². The van der Waals surface area contributed by atoms with Gasteiger partial charge in [0.25, 0.3) is 5.91 Å². The van der Waals surface area contributed by atoms with Crippen LogP contribution in [0, 0.1) is 0 Å². The molecular formula is C8H8LiN2O3-. The number of pyridine rings is 1. The molecule has 70 valence electrons. The second kappa shape index (κ2) is 7.27. The van der Waals surface area contributed by atoms with Crippen LogP contribution in [0.3, 0.4) is 0 Å². The molecule has 0 spiro atoms. The zero-order valence-corrected chi connectivity index (χ0v) is 7.94. The Hall–Kier alpha value is -1.15. The maximum absolute atomic E-state index is 10.9. The van der Waals surface area contributed by atoms with Gasteiger partial charge in [0.05, 0.1) is 6.29 Å². The fourth-order valence-corrected chi connectivity index (χ4v) is 0.717. The minimum atomic E-state index is -0.271. The van der Waals surface area contributed by atoms with Gasteiger partial charge in [-0.3, -0.25) is 4.79 Å². The van der Waals surface area contributed by atoms with Crippen LogP contribution in [0.2, 0.25) is 0 Å². The van der Waals surface area contributed by atoms with Crippen molar-refractivity contribution < 1.29 is 33.9 Å². The van der Waals surface area contributed by atoms with Crippen LogP contribution in [0.1, 0.15) is 16.1 Å². The first kappa shape index (κ1) is 15.3. The fourth-order valence-electron chi connectivity index (χ4n) is 0.717. The van der Waals surface area contributed by atoms with Crippen molar-refractivity contribution in [2.45, 2.75) is 0 Å².